The van der Waals surface area contributed by atoms with Crippen LogP contribution >= 0.6 is 11.6 Å². The Morgan fingerprint density at radius 3 is 2.79 bits per heavy atom. The summed E-state index contributed by atoms with van der Waals surface area (Å²) in [5, 5.41) is 3.51. The van der Waals surface area contributed by atoms with E-state index in [1.54, 1.807) is 12.1 Å². The Kier molecular flexibility index (Phi) is 4.53. The minimum absolute atomic E-state index is 0.193. The molecule has 0 saturated heterocycles. The number of likely N-dealkylation sites (N-methyl/N-ethyl adjacent to an activating group) is 1. The van der Waals surface area contributed by atoms with Crippen molar-refractivity contribution in [3.63, 3.8) is 0 Å². The summed E-state index contributed by atoms with van der Waals surface area (Å²) in [6.45, 7) is 0.487. The standard InChI is InChI=1S/C18H20ClN3O2/c1-21(2)14-9-8-12(19)10-13(14)20-18(23)17-11-22(3)15-6-4-5-7-16(15)24-17/h4-10,17H,11H2,1-3H3,(H,20,23). The minimum Gasteiger partial charge on any atom is -0.477 e. The molecule has 5 nitrogen and oxygen atoms in total. The third-order valence-corrected chi connectivity index (χ3v) is 4.21. The van der Waals surface area contributed by atoms with Crippen molar-refractivity contribution >= 4 is 34.6 Å². The molecule has 24 heavy (non-hydrogen) atoms. The second kappa shape index (κ2) is 6.61. The smallest absolute Gasteiger partial charge is 0.267 e. The largest absolute Gasteiger partial charge is 0.477 e. The molecule has 1 amide bonds. The summed E-state index contributed by atoms with van der Waals surface area (Å²) in [6, 6.07) is 13.1. The first-order chi connectivity index (χ1) is 11.5. The summed E-state index contributed by atoms with van der Waals surface area (Å²) < 4.78 is 5.87. The van der Waals surface area contributed by atoms with Crippen molar-refractivity contribution in [1.29, 1.82) is 0 Å². The van der Waals surface area contributed by atoms with E-state index >= 15 is 0 Å². The predicted octanol–water partition coefficient (Wildman–Crippen LogP) is 3.24. The number of amides is 1. The van der Waals surface area contributed by atoms with Crippen molar-refractivity contribution in [1.82, 2.24) is 0 Å². The second-order valence-corrected chi connectivity index (χ2v) is 6.44. The van der Waals surface area contributed by atoms with Gasteiger partial charge < -0.3 is 19.9 Å². The van der Waals surface area contributed by atoms with Gasteiger partial charge in [0.05, 0.1) is 23.6 Å². The van der Waals surface area contributed by atoms with E-state index in [9.17, 15) is 4.79 Å². The fourth-order valence-corrected chi connectivity index (χ4v) is 2.93. The van der Waals surface area contributed by atoms with Crippen LogP contribution in [0.2, 0.25) is 5.02 Å². The number of carbonyl (C=O) groups is 1. The maximum atomic E-state index is 12.7. The first-order valence-corrected chi connectivity index (χ1v) is 8.08. The predicted molar refractivity (Wildman–Crippen MR) is 98.5 cm³/mol. The Balaban J connectivity index is 1.81. The van der Waals surface area contributed by atoms with Crippen molar-refractivity contribution in [3.05, 3.63) is 47.5 Å². The summed E-state index contributed by atoms with van der Waals surface area (Å²) in [5.41, 5.74) is 2.54. The van der Waals surface area contributed by atoms with Crippen LogP contribution in [0.3, 0.4) is 0 Å². The van der Waals surface area contributed by atoms with Crippen LogP contribution in [-0.2, 0) is 4.79 Å². The number of para-hydroxylation sites is 2. The highest BCUT2D eigenvalue weighted by Gasteiger charge is 2.29. The lowest BCUT2D eigenvalue weighted by Gasteiger charge is -2.33. The molecule has 0 bridgehead atoms. The number of nitrogens with one attached hydrogen (secondary N) is 1. The molecule has 2 aromatic carbocycles. The zero-order valence-corrected chi connectivity index (χ0v) is 14.7. The van der Waals surface area contributed by atoms with E-state index in [-0.39, 0.29) is 5.91 Å². The summed E-state index contributed by atoms with van der Waals surface area (Å²) in [6.07, 6.45) is -0.584. The van der Waals surface area contributed by atoms with E-state index in [1.807, 2.05) is 61.3 Å². The Hall–Kier alpha value is -2.40. The zero-order valence-electron chi connectivity index (χ0n) is 13.9. The van der Waals surface area contributed by atoms with E-state index in [1.165, 1.54) is 0 Å². The van der Waals surface area contributed by atoms with Gasteiger partial charge in [-0.15, -0.1) is 0 Å². The van der Waals surface area contributed by atoms with E-state index in [0.29, 0.717) is 23.0 Å². The number of fused-ring (bicyclic) bond motifs is 1. The molecular formula is C18H20ClN3O2. The third-order valence-electron chi connectivity index (χ3n) is 3.98. The summed E-state index contributed by atoms with van der Waals surface area (Å²) in [7, 11) is 5.78. The highest BCUT2D eigenvalue weighted by Crippen LogP contribution is 2.33. The molecule has 0 aromatic heterocycles. The van der Waals surface area contributed by atoms with E-state index in [2.05, 4.69) is 5.32 Å². The second-order valence-electron chi connectivity index (χ2n) is 6.00. The van der Waals surface area contributed by atoms with Crippen LogP contribution in [0.25, 0.3) is 0 Å². The molecule has 2 aromatic rings. The zero-order chi connectivity index (χ0) is 17.3. The van der Waals surface area contributed by atoms with Gasteiger partial charge in [-0.3, -0.25) is 4.79 Å². The number of carbonyl (C=O) groups excluding carboxylic acids is 1. The van der Waals surface area contributed by atoms with Gasteiger partial charge in [-0.2, -0.15) is 0 Å². The quantitative estimate of drug-likeness (QED) is 0.927. The molecule has 0 aliphatic carbocycles. The van der Waals surface area contributed by atoms with Gasteiger partial charge in [0.15, 0.2) is 6.10 Å². The topological polar surface area (TPSA) is 44.8 Å². The van der Waals surface area contributed by atoms with Gasteiger partial charge in [0.2, 0.25) is 0 Å². The van der Waals surface area contributed by atoms with Crippen LogP contribution in [0.1, 0.15) is 0 Å². The van der Waals surface area contributed by atoms with Gasteiger partial charge in [0.25, 0.3) is 5.91 Å². The van der Waals surface area contributed by atoms with E-state index in [0.717, 1.165) is 11.4 Å². The van der Waals surface area contributed by atoms with E-state index in [4.69, 9.17) is 16.3 Å². The number of ether oxygens (including phenoxy) is 1. The minimum atomic E-state index is -0.584. The SMILES string of the molecule is CN(C)c1ccc(Cl)cc1NC(=O)C1CN(C)c2ccccc2O1. The average molecular weight is 346 g/mol. The number of hydrogen-bond acceptors (Lipinski definition) is 4. The van der Waals surface area contributed by atoms with Crippen molar-refractivity contribution < 1.29 is 9.53 Å². The highest BCUT2D eigenvalue weighted by molar-refractivity contribution is 6.31. The summed E-state index contributed by atoms with van der Waals surface area (Å²) >= 11 is 6.07. The van der Waals surface area contributed by atoms with Gasteiger partial charge in [-0.05, 0) is 30.3 Å². The summed E-state index contributed by atoms with van der Waals surface area (Å²) in [5.74, 6) is 0.520. The molecular weight excluding hydrogens is 326 g/mol. The molecule has 126 valence electrons. The first-order valence-electron chi connectivity index (χ1n) is 7.70. The number of nitrogens with zero attached hydrogens (tertiary/aromatic N) is 2. The molecule has 1 heterocycles. The molecule has 0 spiro atoms. The maximum Gasteiger partial charge on any atom is 0.267 e. The number of halogens is 1. The Morgan fingerprint density at radius 2 is 2.04 bits per heavy atom. The Labute approximate surface area is 146 Å². The number of rotatable bonds is 3. The normalized spacial score (nSPS) is 16.2. The van der Waals surface area contributed by atoms with E-state index < -0.39 is 6.10 Å². The van der Waals surface area contributed by atoms with Crippen LogP contribution in [-0.4, -0.2) is 39.7 Å². The lowest BCUT2D eigenvalue weighted by Crippen LogP contribution is -2.45. The summed E-state index contributed by atoms with van der Waals surface area (Å²) in [4.78, 5) is 16.6. The molecule has 1 unspecified atom stereocenters. The fourth-order valence-electron chi connectivity index (χ4n) is 2.76. The van der Waals surface area contributed by atoms with Crippen LogP contribution in [0.4, 0.5) is 17.1 Å². The van der Waals surface area contributed by atoms with Crippen LogP contribution in [0.15, 0.2) is 42.5 Å². The lowest BCUT2D eigenvalue weighted by atomic mass is 10.2. The molecule has 0 radical (unpaired) electrons. The van der Waals surface area contributed by atoms with Gasteiger partial charge in [-0.1, -0.05) is 23.7 Å². The molecule has 0 fully saturated rings. The van der Waals surface area contributed by atoms with Gasteiger partial charge in [0, 0.05) is 26.2 Å². The molecule has 1 aliphatic rings. The highest BCUT2D eigenvalue weighted by atomic mass is 35.5. The van der Waals surface area contributed by atoms with Crippen LogP contribution in [0, 0.1) is 0 Å². The average Bonchev–Trinajstić information content (AvgIpc) is 2.54. The lowest BCUT2D eigenvalue weighted by molar-refractivity contribution is -0.122. The van der Waals surface area contributed by atoms with Gasteiger partial charge >= 0.3 is 0 Å². The Morgan fingerprint density at radius 1 is 1.29 bits per heavy atom. The van der Waals surface area contributed by atoms with Gasteiger partial charge in [0.1, 0.15) is 5.75 Å². The molecule has 1 aliphatic heterocycles. The van der Waals surface area contributed by atoms with Crippen molar-refractivity contribution in [3.8, 4) is 5.75 Å². The third kappa shape index (κ3) is 3.26. The molecule has 6 heteroatoms. The fraction of sp³-hybridized carbons (Fsp3) is 0.278. The molecule has 1 atom stereocenters. The number of anilines is 3. The monoisotopic (exact) mass is 345 g/mol. The van der Waals surface area contributed by atoms with Crippen LogP contribution in [0.5, 0.6) is 5.75 Å². The van der Waals surface area contributed by atoms with Crippen molar-refractivity contribution in [2.45, 2.75) is 6.10 Å². The number of benzene rings is 2. The Bertz CT molecular complexity index is 764. The molecule has 0 saturated carbocycles. The van der Waals surface area contributed by atoms with Gasteiger partial charge in [-0.25, -0.2) is 0 Å². The first kappa shape index (κ1) is 16.5. The number of hydrogen-bond donors (Lipinski definition) is 1. The van der Waals surface area contributed by atoms with Crippen molar-refractivity contribution in [2.24, 2.45) is 0 Å². The molecule has 1 N–H and O–H groups in total. The molecule has 3 rings (SSSR count). The van der Waals surface area contributed by atoms with Crippen LogP contribution < -0.4 is 19.9 Å². The maximum absolute atomic E-state index is 12.7. The van der Waals surface area contributed by atoms with Crippen molar-refractivity contribution in [2.75, 3.05) is 42.8 Å².